The fraction of sp³-hybridized carbons (Fsp3) is 0.938. The molecule has 6 heteroatoms. The predicted molar refractivity (Wildman–Crippen MR) is 90.0 cm³/mol. The predicted octanol–water partition coefficient (Wildman–Crippen LogP) is 4.88. The maximum absolute atomic E-state index is 12.3. The molecule has 5 nitrogen and oxygen atoms in total. The smallest absolute Gasteiger partial charge is 0.292 e. The van der Waals surface area contributed by atoms with Crippen LogP contribution < -0.4 is 5.20 Å². The molecule has 1 N–H and O–H groups in total. The fourth-order valence-electron chi connectivity index (χ4n) is 3.73. The molecule has 0 aromatic heterocycles. The molecule has 0 amide bonds. The molecular formula is C16H31N2O3P. The van der Waals surface area contributed by atoms with Crippen LogP contribution in [0.5, 0.6) is 0 Å². The molecular weight excluding hydrogens is 299 g/mol. The molecule has 0 bridgehead atoms. The quantitative estimate of drug-likeness (QED) is 0.533. The highest BCUT2D eigenvalue weighted by atomic mass is 31.2. The molecule has 0 aromatic rings. The summed E-state index contributed by atoms with van der Waals surface area (Å²) < 4.78 is 22.7. The Bertz CT molecular complexity index is 388. The minimum absolute atomic E-state index is 0.346. The largest absolute Gasteiger partial charge is 0.448 e. The first-order valence-electron chi connectivity index (χ1n) is 8.88. The van der Waals surface area contributed by atoms with Gasteiger partial charge in [0.1, 0.15) is 0 Å². The molecule has 0 spiro atoms. The van der Waals surface area contributed by atoms with Crippen LogP contribution in [0, 0.1) is 11.8 Å². The molecule has 2 fully saturated rings. The van der Waals surface area contributed by atoms with Gasteiger partial charge in [0.15, 0.2) is 0 Å². The average molecular weight is 330 g/mol. The van der Waals surface area contributed by atoms with Gasteiger partial charge in [0.05, 0.1) is 13.2 Å². The highest BCUT2D eigenvalue weighted by Gasteiger charge is 2.28. The fourth-order valence-corrected chi connectivity index (χ4v) is 4.86. The van der Waals surface area contributed by atoms with E-state index in [-0.39, 0.29) is 0 Å². The van der Waals surface area contributed by atoms with E-state index in [9.17, 15) is 4.57 Å². The molecule has 2 aliphatic carbocycles. The molecule has 0 aromatic carbocycles. The van der Waals surface area contributed by atoms with Gasteiger partial charge in [-0.25, -0.2) is 9.76 Å². The van der Waals surface area contributed by atoms with Crippen LogP contribution in [0.3, 0.4) is 0 Å². The zero-order chi connectivity index (χ0) is 15.8. The summed E-state index contributed by atoms with van der Waals surface area (Å²) in [6.07, 6.45) is 11.5. The molecule has 128 valence electrons. The van der Waals surface area contributed by atoms with Crippen molar-refractivity contribution in [3.05, 3.63) is 0 Å². The first kappa shape index (κ1) is 18.0. The van der Waals surface area contributed by atoms with E-state index < -0.39 is 7.75 Å². The van der Waals surface area contributed by atoms with Crippen LogP contribution in [-0.2, 0) is 13.6 Å². The van der Waals surface area contributed by atoms with Gasteiger partial charge < -0.3 is 0 Å². The summed E-state index contributed by atoms with van der Waals surface area (Å²) >= 11 is 0. The van der Waals surface area contributed by atoms with Crippen LogP contribution in [0.2, 0.25) is 0 Å². The molecule has 0 unspecified atom stereocenters. The number of nitrogens with zero attached hydrogens (tertiary/aromatic N) is 1. The van der Waals surface area contributed by atoms with Crippen molar-refractivity contribution in [3.8, 4) is 0 Å². The zero-order valence-corrected chi connectivity index (χ0v) is 14.9. The monoisotopic (exact) mass is 330 g/mol. The van der Waals surface area contributed by atoms with E-state index in [2.05, 4.69) is 10.3 Å². The van der Waals surface area contributed by atoms with Crippen molar-refractivity contribution in [2.75, 3.05) is 13.2 Å². The van der Waals surface area contributed by atoms with Crippen molar-refractivity contribution in [1.29, 1.82) is 0 Å². The number of rotatable bonds is 7. The SMILES string of the molecule is CCOP(=O)(NN=C1CCC(C2CCCCC2)CC1)OCC. The van der Waals surface area contributed by atoms with Crippen LogP contribution >= 0.6 is 7.75 Å². The van der Waals surface area contributed by atoms with Gasteiger partial charge in [0.2, 0.25) is 0 Å². The number of hydrogen-bond acceptors (Lipinski definition) is 4. The first-order valence-corrected chi connectivity index (χ1v) is 10.4. The van der Waals surface area contributed by atoms with Gasteiger partial charge >= 0.3 is 7.75 Å². The molecule has 2 aliphatic rings. The van der Waals surface area contributed by atoms with Crippen LogP contribution in [0.1, 0.15) is 71.6 Å². The lowest BCUT2D eigenvalue weighted by molar-refractivity contribution is 0.210. The molecule has 2 rings (SSSR count). The van der Waals surface area contributed by atoms with E-state index in [0.717, 1.165) is 30.4 Å². The Kier molecular flexibility index (Phi) is 7.39. The van der Waals surface area contributed by atoms with Crippen molar-refractivity contribution in [2.24, 2.45) is 16.9 Å². The van der Waals surface area contributed by atoms with Crippen LogP contribution in [-0.4, -0.2) is 18.9 Å². The van der Waals surface area contributed by atoms with Crippen molar-refractivity contribution >= 4 is 13.5 Å². The summed E-state index contributed by atoms with van der Waals surface area (Å²) in [5.41, 5.74) is 1.10. The Morgan fingerprint density at radius 3 is 2.09 bits per heavy atom. The lowest BCUT2D eigenvalue weighted by Crippen LogP contribution is -2.24. The topological polar surface area (TPSA) is 59.9 Å². The Morgan fingerprint density at radius 1 is 1.00 bits per heavy atom. The minimum atomic E-state index is -3.27. The lowest BCUT2D eigenvalue weighted by Gasteiger charge is -2.33. The van der Waals surface area contributed by atoms with E-state index in [4.69, 9.17) is 9.05 Å². The summed E-state index contributed by atoms with van der Waals surface area (Å²) in [5, 5.41) is 6.99. The van der Waals surface area contributed by atoms with E-state index in [1.165, 1.54) is 44.9 Å². The van der Waals surface area contributed by atoms with Gasteiger partial charge in [0, 0.05) is 5.71 Å². The van der Waals surface area contributed by atoms with Crippen LogP contribution in [0.25, 0.3) is 0 Å². The number of hydrogen-bond donors (Lipinski definition) is 1. The molecule has 0 heterocycles. The highest BCUT2D eigenvalue weighted by molar-refractivity contribution is 7.51. The molecule has 0 saturated heterocycles. The second-order valence-corrected chi connectivity index (χ2v) is 8.06. The lowest BCUT2D eigenvalue weighted by atomic mass is 9.73. The van der Waals surface area contributed by atoms with Crippen molar-refractivity contribution in [1.82, 2.24) is 5.20 Å². The third-order valence-corrected chi connectivity index (χ3v) is 6.39. The summed E-state index contributed by atoms with van der Waals surface area (Å²) in [4.78, 5) is 0. The van der Waals surface area contributed by atoms with Crippen molar-refractivity contribution in [2.45, 2.75) is 71.6 Å². The third-order valence-electron chi connectivity index (χ3n) is 4.85. The van der Waals surface area contributed by atoms with Gasteiger partial charge in [-0.05, 0) is 51.4 Å². The Labute approximate surface area is 134 Å². The Balaban J connectivity index is 1.81. The van der Waals surface area contributed by atoms with E-state index in [0.29, 0.717) is 13.2 Å². The van der Waals surface area contributed by atoms with E-state index >= 15 is 0 Å². The normalized spacial score (nSPS) is 24.3. The summed E-state index contributed by atoms with van der Waals surface area (Å²) in [5.74, 6) is 1.80. The zero-order valence-electron chi connectivity index (χ0n) is 14.1. The number of hydrazone groups is 1. The maximum Gasteiger partial charge on any atom is 0.448 e. The molecule has 0 radical (unpaired) electrons. The van der Waals surface area contributed by atoms with E-state index in [1.54, 1.807) is 13.8 Å². The first-order chi connectivity index (χ1) is 10.7. The van der Waals surface area contributed by atoms with Gasteiger partial charge in [-0.1, -0.05) is 32.1 Å². The second kappa shape index (κ2) is 9.05. The van der Waals surface area contributed by atoms with Crippen molar-refractivity contribution < 1.29 is 13.6 Å². The summed E-state index contributed by atoms with van der Waals surface area (Å²) in [7, 11) is -3.27. The van der Waals surface area contributed by atoms with Crippen LogP contribution in [0.4, 0.5) is 0 Å². The van der Waals surface area contributed by atoms with Crippen molar-refractivity contribution in [3.63, 3.8) is 0 Å². The third kappa shape index (κ3) is 5.36. The van der Waals surface area contributed by atoms with Gasteiger partial charge in [0.25, 0.3) is 0 Å². The number of nitrogens with one attached hydrogen (secondary N) is 1. The highest BCUT2D eigenvalue weighted by Crippen LogP contribution is 2.43. The average Bonchev–Trinajstić information content (AvgIpc) is 2.55. The van der Waals surface area contributed by atoms with Crippen LogP contribution in [0.15, 0.2) is 5.10 Å². The van der Waals surface area contributed by atoms with Gasteiger partial charge in [-0.15, -0.1) is 0 Å². The Hall–Kier alpha value is -0.380. The summed E-state index contributed by atoms with van der Waals surface area (Å²) in [6.45, 7) is 4.30. The van der Waals surface area contributed by atoms with Gasteiger partial charge in [-0.3, -0.25) is 9.05 Å². The molecule has 0 aliphatic heterocycles. The second-order valence-electron chi connectivity index (χ2n) is 6.35. The van der Waals surface area contributed by atoms with Gasteiger partial charge in [-0.2, -0.15) is 5.10 Å². The standard InChI is InChI=1S/C16H31N2O3P/c1-3-20-22(19,21-4-2)18-17-16-12-10-15(11-13-16)14-8-6-5-7-9-14/h14-15H,3-13H2,1-2H3,(H,18,19). The summed E-state index contributed by atoms with van der Waals surface area (Å²) in [6, 6.07) is 0. The molecule has 22 heavy (non-hydrogen) atoms. The van der Waals surface area contributed by atoms with E-state index in [1.807, 2.05) is 0 Å². The Morgan fingerprint density at radius 2 is 1.55 bits per heavy atom. The molecule has 2 saturated carbocycles. The minimum Gasteiger partial charge on any atom is -0.292 e. The molecule has 0 atom stereocenters. The maximum atomic E-state index is 12.3.